The van der Waals surface area contributed by atoms with Gasteiger partial charge in [-0.2, -0.15) is 18.4 Å². The normalized spacial score (nSPS) is 24.5. The van der Waals surface area contributed by atoms with E-state index in [-0.39, 0.29) is 18.2 Å². The van der Waals surface area contributed by atoms with Crippen molar-refractivity contribution < 1.29 is 18.3 Å². The number of rotatable bonds is 2. The number of aromatic nitrogens is 1. The predicted octanol–water partition coefficient (Wildman–Crippen LogP) is 2.53. The average Bonchev–Trinajstić information content (AvgIpc) is 3.14. The van der Waals surface area contributed by atoms with Crippen LogP contribution in [-0.4, -0.2) is 41.9 Å². The van der Waals surface area contributed by atoms with Gasteiger partial charge in [0, 0.05) is 26.2 Å². The van der Waals surface area contributed by atoms with Crippen molar-refractivity contribution in [2.24, 2.45) is 0 Å². The van der Waals surface area contributed by atoms with Crippen LogP contribution in [0.3, 0.4) is 0 Å². The zero-order chi connectivity index (χ0) is 17.5. The monoisotopic (exact) mass is 340 g/mol. The van der Waals surface area contributed by atoms with Gasteiger partial charge in [-0.25, -0.2) is 4.98 Å². The van der Waals surface area contributed by atoms with E-state index in [0.717, 1.165) is 18.9 Å². The van der Waals surface area contributed by atoms with E-state index in [4.69, 9.17) is 0 Å². The first-order valence-electron chi connectivity index (χ1n) is 7.96. The molecule has 0 bridgehead atoms. The van der Waals surface area contributed by atoms with Crippen LogP contribution in [0.5, 0.6) is 0 Å². The Kier molecular flexibility index (Phi) is 4.08. The second kappa shape index (κ2) is 5.81. The molecule has 0 saturated carbocycles. The number of β-amino-alcohol motifs (C(OH)–C–C–N with tert-alkyl or cyclic N) is 1. The smallest absolute Gasteiger partial charge is 0.388 e. The van der Waals surface area contributed by atoms with Crippen LogP contribution >= 0.6 is 0 Å². The first-order chi connectivity index (χ1) is 11.2. The first kappa shape index (κ1) is 16.8. The molecule has 130 valence electrons. The minimum atomic E-state index is -4.63. The third kappa shape index (κ3) is 3.13. The van der Waals surface area contributed by atoms with Gasteiger partial charge in [-0.1, -0.05) is 0 Å². The maximum atomic E-state index is 13.5. The maximum Gasteiger partial charge on any atom is 0.417 e. The van der Waals surface area contributed by atoms with Crippen molar-refractivity contribution in [2.75, 3.05) is 36.0 Å². The summed E-state index contributed by atoms with van der Waals surface area (Å²) in [6.45, 7) is 3.49. The van der Waals surface area contributed by atoms with Crippen LogP contribution in [0.1, 0.15) is 37.3 Å². The highest BCUT2D eigenvalue weighted by molar-refractivity contribution is 5.64. The molecular weight excluding hydrogens is 321 g/mol. The van der Waals surface area contributed by atoms with Crippen molar-refractivity contribution in [1.29, 1.82) is 5.26 Å². The molecule has 8 heteroatoms. The van der Waals surface area contributed by atoms with Gasteiger partial charge in [0.2, 0.25) is 0 Å². The molecule has 2 fully saturated rings. The van der Waals surface area contributed by atoms with Crippen molar-refractivity contribution in [3.8, 4) is 6.07 Å². The zero-order valence-corrected chi connectivity index (χ0v) is 13.4. The summed E-state index contributed by atoms with van der Waals surface area (Å²) in [4.78, 5) is 7.76. The number of nitriles is 1. The second-order valence-corrected chi connectivity index (χ2v) is 6.70. The minimum absolute atomic E-state index is 0.0204. The molecule has 2 aliphatic heterocycles. The van der Waals surface area contributed by atoms with E-state index in [1.807, 2.05) is 4.90 Å². The van der Waals surface area contributed by atoms with E-state index in [2.05, 4.69) is 4.98 Å². The van der Waals surface area contributed by atoms with Gasteiger partial charge in [-0.15, -0.1) is 0 Å². The van der Waals surface area contributed by atoms with Crippen molar-refractivity contribution in [3.63, 3.8) is 0 Å². The van der Waals surface area contributed by atoms with E-state index in [1.165, 1.54) is 0 Å². The number of nitrogens with zero attached hydrogens (tertiary/aromatic N) is 4. The van der Waals surface area contributed by atoms with E-state index in [9.17, 15) is 23.5 Å². The quantitative estimate of drug-likeness (QED) is 0.896. The van der Waals surface area contributed by atoms with Gasteiger partial charge >= 0.3 is 6.18 Å². The molecule has 1 aromatic heterocycles. The molecule has 2 aliphatic rings. The van der Waals surface area contributed by atoms with Crippen molar-refractivity contribution in [1.82, 2.24) is 4.98 Å². The van der Waals surface area contributed by atoms with Crippen LogP contribution in [0, 0.1) is 11.3 Å². The van der Waals surface area contributed by atoms with Gasteiger partial charge in [0.15, 0.2) is 0 Å². The predicted molar refractivity (Wildman–Crippen MR) is 82.9 cm³/mol. The van der Waals surface area contributed by atoms with Crippen LogP contribution in [0.4, 0.5) is 24.8 Å². The van der Waals surface area contributed by atoms with Crippen LogP contribution in [0.2, 0.25) is 0 Å². The SMILES string of the molecule is CC1(O)CCN(c2nc(N3CCCC3)cc(C(F)(F)F)c2C#N)C1. The van der Waals surface area contributed by atoms with E-state index in [1.54, 1.807) is 17.9 Å². The third-order valence-corrected chi connectivity index (χ3v) is 4.59. The molecule has 5 nitrogen and oxygen atoms in total. The molecule has 24 heavy (non-hydrogen) atoms. The first-order valence-corrected chi connectivity index (χ1v) is 7.96. The van der Waals surface area contributed by atoms with Crippen LogP contribution in [-0.2, 0) is 6.18 Å². The summed E-state index contributed by atoms with van der Waals surface area (Å²) in [7, 11) is 0. The van der Waals surface area contributed by atoms with Crippen LogP contribution in [0.25, 0.3) is 0 Å². The Labute approximate surface area is 138 Å². The molecule has 0 spiro atoms. The summed E-state index contributed by atoms with van der Waals surface area (Å²) in [5.41, 5.74) is -2.41. The molecule has 3 rings (SSSR count). The Morgan fingerprint density at radius 3 is 2.42 bits per heavy atom. The second-order valence-electron chi connectivity index (χ2n) is 6.70. The Hall–Kier alpha value is -2.01. The van der Waals surface area contributed by atoms with Gasteiger partial charge in [0.25, 0.3) is 0 Å². The lowest BCUT2D eigenvalue weighted by Gasteiger charge is -2.25. The van der Waals surface area contributed by atoms with E-state index in [0.29, 0.717) is 26.1 Å². The molecule has 1 aromatic rings. The Morgan fingerprint density at radius 2 is 1.92 bits per heavy atom. The Morgan fingerprint density at radius 1 is 1.25 bits per heavy atom. The number of alkyl halides is 3. The highest BCUT2D eigenvalue weighted by atomic mass is 19.4. The lowest BCUT2D eigenvalue weighted by atomic mass is 10.1. The summed E-state index contributed by atoms with van der Waals surface area (Å²) in [5.74, 6) is 0.271. The largest absolute Gasteiger partial charge is 0.417 e. The highest BCUT2D eigenvalue weighted by Gasteiger charge is 2.40. The van der Waals surface area contributed by atoms with E-state index >= 15 is 0 Å². The summed E-state index contributed by atoms with van der Waals surface area (Å²) >= 11 is 0. The lowest BCUT2D eigenvalue weighted by Crippen LogP contribution is -2.31. The van der Waals surface area contributed by atoms with Gasteiger partial charge < -0.3 is 14.9 Å². The fourth-order valence-corrected chi connectivity index (χ4v) is 3.32. The number of pyridine rings is 1. The van der Waals surface area contributed by atoms with E-state index < -0.39 is 22.9 Å². The molecule has 1 N–H and O–H groups in total. The summed E-state index contributed by atoms with van der Waals surface area (Å²) < 4.78 is 40.4. The lowest BCUT2D eigenvalue weighted by molar-refractivity contribution is -0.137. The van der Waals surface area contributed by atoms with Crippen molar-refractivity contribution in [3.05, 3.63) is 17.2 Å². The number of hydrogen-bond donors (Lipinski definition) is 1. The van der Waals surface area contributed by atoms with Crippen molar-refractivity contribution >= 4 is 11.6 Å². The van der Waals surface area contributed by atoms with Crippen LogP contribution < -0.4 is 9.80 Å². The fraction of sp³-hybridized carbons (Fsp3) is 0.625. The molecule has 0 amide bonds. The summed E-state index contributed by atoms with van der Waals surface area (Å²) in [6.07, 6.45) is -2.37. The van der Waals surface area contributed by atoms with Gasteiger partial charge in [-0.05, 0) is 32.3 Å². The minimum Gasteiger partial charge on any atom is -0.388 e. The molecule has 0 aliphatic carbocycles. The Bertz CT molecular complexity index is 675. The fourth-order valence-electron chi connectivity index (χ4n) is 3.32. The number of hydrogen-bond acceptors (Lipinski definition) is 5. The Balaban J connectivity index is 2.11. The van der Waals surface area contributed by atoms with Gasteiger partial charge in [0.05, 0.1) is 11.2 Å². The number of aliphatic hydroxyl groups is 1. The topological polar surface area (TPSA) is 63.4 Å². The van der Waals surface area contributed by atoms with Gasteiger partial charge in [-0.3, -0.25) is 0 Å². The number of anilines is 2. The summed E-state index contributed by atoms with van der Waals surface area (Å²) in [5, 5.41) is 19.4. The van der Waals surface area contributed by atoms with Crippen LogP contribution in [0.15, 0.2) is 6.07 Å². The maximum absolute atomic E-state index is 13.5. The van der Waals surface area contributed by atoms with Gasteiger partial charge in [0.1, 0.15) is 23.3 Å². The molecule has 0 aromatic carbocycles. The molecule has 0 radical (unpaired) electrons. The number of halogens is 3. The third-order valence-electron chi connectivity index (χ3n) is 4.59. The highest BCUT2D eigenvalue weighted by Crippen LogP contribution is 2.39. The molecule has 3 heterocycles. The molecule has 2 saturated heterocycles. The molecule has 1 atom stereocenters. The molecule has 1 unspecified atom stereocenters. The zero-order valence-electron chi connectivity index (χ0n) is 13.4. The summed E-state index contributed by atoms with van der Waals surface area (Å²) in [6, 6.07) is 2.64. The average molecular weight is 340 g/mol. The van der Waals surface area contributed by atoms with Crippen molar-refractivity contribution in [2.45, 2.75) is 38.0 Å². The molecular formula is C16H19F3N4O. The standard InChI is InChI=1S/C16H19F3N4O/c1-15(24)4-7-23(10-15)14-11(9-20)12(16(17,18)19)8-13(21-14)22-5-2-3-6-22/h8,24H,2-7,10H2,1H3.